The molecule has 0 aliphatic rings. The second-order valence-electron chi connectivity index (χ2n) is 3.27. The Kier molecular flexibility index (Phi) is 4.75. The number of benzene rings is 1. The fourth-order valence-corrected chi connectivity index (χ4v) is 1.51. The SMILES string of the molecule is CCCC/C(=N\S)c1cc(F)ccc1F. The van der Waals surface area contributed by atoms with E-state index in [0.717, 1.165) is 31.0 Å². The second kappa shape index (κ2) is 5.85. The first-order chi connectivity index (χ1) is 7.19. The largest absolute Gasteiger partial charge is 0.224 e. The molecule has 1 aromatic carbocycles. The van der Waals surface area contributed by atoms with Crippen LogP contribution in [0.5, 0.6) is 0 Å². The van der Waals surface area contributed by atoms with Gasteiger partial charge in [0.25, 0.3) is 0 Å². The number of unbranched alkanes of at least 4 members (excludes halogenated alkanes) is 1. The summed E-state index contributed by atoms with van der Waals surface area (Å²) in [6.45, 7) is 2.03. The van der Waals surface area contributed by atoms with Gasteiger partial charge in [0.05, 0.1) is 5.71 Å². The molecule has 0 aliphatic carbocycles. The normalized spacial score (nSPS) is 11.9. The Morgan fingerprint density at radius 1 is 1.40 bits per heavy atom. The number of hydrogen-bond donors (Lipinski definition) is 1. The van der Waals surface area contributed by atoms with E-state index in [1.807, 2.05) is 6.92 Å². The number of thiol groups is 1. The van der Waals surface area contributed by atoms with E-state index >= 15 is 0 Å². The van der Waals surface area contributed by atoms with Gasteiger partial charge in [-0.1, -0.05) is 13.3 Å². The molecular formula is C11H13F2NS. The van der Waals surface area contributed by atoms with Gasteiger partial charge in [0.2, 0.25) is 0 Å². The topological polar surface area (TPSA) is 12.4 Å². The Bertz CT molecular complexity index is 364. The smallest absolute Gasteiger partial charge is 0.132 e. The highest BCUT2D eigenvalue weighted by Gasteiger charge is 2.10. The molecular weight excluding hydrogens is 216 g/mol. The molecule has 0 N–H and O–H groups in total. The van der Waals surface area contributed by atoms with Crippen molar-refractivity contribution in [3.8, 4) is 0 Å². The molecule has 0 bridgehead atoms. The second-order valence-corrected chi connectivity index (χ2v) is 3.47. The number of hydrogen-bond acceptors (Lipinski definition) is 2. The molecule has 0 unspecified atom stereocenters. The highest BCUT2D eigenvalue weighted by atomic mass is 32.1. The zero-order chi connectivity index (χ0) is 11.3. The van der Waals surface area contributed by atoms with E-state index in [0.29, 0.717) is 12.1 Å². The van der Waals surface area contributed by atoms with Crippen molar-refractivity contribution in [2.45, 2.75) is 26.2 Å². The van der Waals surface area contributed by atoms with Crippen LogP contribution in [0.4, 0.5) is 8.78 Å². The molecule has 0 saturated heterocycles. The Morgan fingerprint density at radius 3 is 2.73 bits per heavy atom. The van der Waals surface area contributed by atoms with Crippen LogP contribution in [-0.4, -0.2) is 5.71 Å². The summed E-state index contributed by atoms with van der Waals surface area (Å²) in [5.74, 6) is -0.919. The average molecular weight is 229 g/mol. The standard InChI is InChI=1S/C11H13F2NS/c1-2-3-4-11(14-15)9-7-8(12)5-6-10(9)13/h5-7,15H,2-4H2,1H3/b14-11+. The molecule has 0 heterocycles. The molecule has 15 heavy (non-hydrogen) atoms. The van der Waals surface area contributed by atoms with Crippen molar-refractivity contribution < 1.29 is 8.78 Å². The predicted octanol–water partition coefficient (Wildman–Crippen LogP) is 3.79. The third kappa shape index (κ3) is 3.30. The maximum atomic E-state index is 13.4. The van der Waals surface area contributed by atoms with Gasteiger partial charge in [0, 0.05) is 5.56 Å². The van der Waals surface area contributed by atoms with E-state index in [4.69, 9.17) is 0 Å². The first-order valence-corrected chi connectivity index (χ1v) is 5.25. The molecule has 1 rings (SSSR count). The molecule has 0 fully saturated rings. The monoisotopic (exact) mass is 229 g/mol. The fourth-order valence-electron chi connectivity index (χ4n) is 1.30. The molecule has 1 nitrogen and oxygen atoms in total. The summed E-state index contributed by atoms with van der Waals surface area (Å²) in [6, 6.07) is 3.35. The summed E-state index contributed by atoms with van der Waals surface area (Å²) in [5.41, 5.74) is 0.704. The molecule has 1 aromatic rings. The van der Waals surface area contributed by atoms with E-state index in [1.54, 1.807) is 0 Å². The van der Waals surface area contributed by atoms with Gasteiger partial charge in [-0.2, -0.15) is 0 Å². The summed E-state index contributed by atoms with van der Waals surface area (Å²) in [5, 5.41) is 0. The van der Waals surface area contributed by atoms with Crippen LogP contribution in [-0.2, 0) is 0 Å². The maximum Gasteiger partial charge on any atom is 0.132 e. The first kappa shape index (κ1) is 12.2. The van der Waals surface area contributed by atoms with Crippen LogP contribution >= 0.6 is 12.8 Å². The third-order valence-electron chi connectivity index (χ3n) is 2.13. The molecule has 0 radical (unpaired) electrons. The van der Waals surface area contributed by atoms with Crippen LogP contribution in [0.1, 0.15) is 31.7 Å². The lowest BCUT2D eigenvalue weighted by Crippen LogP contribution is -2.03. The van der Waals surface area contributed by atoms with Gasteiger partial charge < -0.3 is 0 Å². The summed E-state index contributed by atoms with van der Waals surface area (Å²) in [7, 11) is 0. The lowest BCUT2D eigenvalue weighted by atomic mass is 10.0. The Hall–Kier alpha value is -0.900. The first-order valence-electron chi connectivity index (χ1n) is 4.85. The van der Waals surface area contributed by atoms with Crippen molar-refractivity contribution >= 4 is 18.5 Å². The van der Waals surface area contributed by atoms with Crippen LogP contribution in [0.2, 0.25) is 0 Å². The summed E-state index contributed by atoms with van der Waals surface area (Å²) in [4.78, 5) is 0. The maximum absolute atomic E-state index is 13.4. The Balaban J connectivity index is 2.96. The van der Waals surface area contributed by atoms with Gasteiger partial charge in [-0.25, -0.2) is 13.2 Å². The summed E-state index contributed by atoms with van der Waals surface area (Å²) >= 11 is 3.78. The van der Waals surface area contributed by atoms with E-state index in [-0.39, 0.29) is 5.56 Å². The van der Waals surface area contributed by atoms with Gasteiger partial charge in [0.15, 0.2) is 0 Å². The molecule has 0 aliphatic heterocycles. The van der Waals surface area contributed by atoms with E-state index < -0.39 is 11.6 Å². The van der Waals surface area contributed by atoms with Gasteiger partial charge >= 0.3 is 0 Å². The van der Waals surface area contributed by atoms with Crippen molar-refractivity contribution in [1.82, 2.24) is 0 Å². The zero-order valence-electron chi connectivity index (χ0n) is 8.50. The van der Waals surface area contributed by atoms with E-state index in [1.165, 1.54) is 0 Å². The Labute approximate surface area is 93.8 Å². The van der Waals surface area contributed by atoms with E-state index in [2.05, 4.69) is 17.2 Å². The quantitative estimate of drug-likeness (QED) is 0.595. The summed E-state index contributed by atoms with van der Waals surface area (Å²) in [6.07, 6.45) is 2.47. The lowest BCUT2D eigenvalue weighted by Gasteiger charge is -2.05. The molecule has 0 saturated carbocycles. The van der Waals surface area contributed by atoms with Crippen molar-refractivity contribution in [3.63, 3.8) is 0 Å². The third-order valence-corrected chi connectivity index (χ3v) is 2.37. The molecule has 0 amide bonds. The highest BCUT2D eigenvalue weighted by Crippen LogP contribution is 2.15. The minimum absolute atomic E-state index is 0.207. The molecule has 0 aromatic heterocycles. The number of rotatable bonds is 4. The predicted molar refractivity (Wildman–Crippen MR) is 61.4 cm³/mol. The van der Waals surface area contributed by atoms with Crippen LogP contribution < -0.4 is 0 Å². The van der Waals surface area contributed by atoms with Crippen molar-refractivity contribution in [2.24, 2.45) is 4.40 Å². The minimum Gasteiger partial charge on any atom is -0.224 e. The summed E-state index contributed by atoms with van der Waals surface area (Å²) < 4.78 is 30.0. The Morgan fingerprint density at radius 2 is 2.13 bits per heavy atom. The minimum atomic E-state index is -0.461. The van der Waals surface area contributed by atoms with Crippen LogP contribution in [0.3, 0.4) is 0 Å². The van der Waals surface area contributed by atoms with Crippen molar-refractivity contribution in [2.75, 3.05) is 0 Å². The van der Waals surface area contributed by atoms with Crippen LogP contribution in [0.25, 0.3) is 0 Å². The van der Waals surface area contributed by atoms with Crippen molar-refractivity contribution in [3.05, 3.63) is 35.4 Å². The van der Waals surface area contributed by atoms with Crippen LogP contribution in [0, 0.1) is 11.6 Å². The molecule has 0 spiro atoms. The van der Waals surface area contributed by atoms with Gasteiger partial charge in [-0.05, 0) is 43.9 Å². The molecule has 4 heteroatoms. The zero-order valence-corrected chi connectivity index (χ0v) is 9.40. The lowest BCUT2D eigenvalue weighted by molar-refractivity contribution is 0.597. The van der Waals surface area contributed by atoms with Gasteiger partial charge in [-0.15, -0.1) is 0 Å². The van der Waals surface area contributed by atoms with E-state index in [9.17, 15) is 8.78 Å². The number of nitrogens with zero attached hydrogens (tertiary/aromatic N) is 1. The van der Waals surface area contributed by atoms with Crippen molar-refractivity contribution in [1.29, 1.82) is 0 Å². The fraction of sp³-hybridized carbons (Fsp3) is 0.364. The molecule has 0 atom stereocenters. The number of halogens is 2. The average Bonchev–Trinajstić information content (AvgIpc) is 2.24. The highest BCUT2D eigenvalue weighted by molar-refractivity contribution is 7.79. The van der Waals surface area contributed by atoms with Gasteiger partial charge in [0.1, 0.15) is 11.6 Å². The molecule has 82 valence electrons. The van der Waals surface area contributed by atoms with Crippen LogP contribution in [0.15, 0.2) is 22.6 Å². The van der Waals surface area contributed by atoms with Gasteiger partial charge in [-0.3, -0.25) is 0 Å².